The molecule has 6 nitrogen and oxygen atoms in total. The minimum Gasteiger partial charge on any atom is -0.324 e. The molecule has 1 aliphatic rings. The molecule has 166 valence electrons. The summed E-state index contributed by atoms with van der Waals surface area (Å²) >= 11 is 5.66. The van der Waals surface area contributed by atoms with Gasteiger partial charge in [0, 0.05) is 17.1 Å². The fourth-order valence-electron chi connectivity index (χ4n) is 3.44. The molecule has 0 unspecified atom stereocenters. The van der Waals surface area contributed by atoms with Crippen LogP contribution < -0.4 is 10.6 Å². The van der Waals surface area contributed by atoms with E-state index in [9.17, 15) is 22.8 Å². The highest BCUT2D eigenvalue weighted by Gasteiger charge is 2.34. The van der Waals surface area contributed by atoms with Crippen molar-refractivity contribution in [3.05, 3.63) is 52.7 Å². The molecule has 1 aromatic carbocycles. The van der Waals surface area contributed by atoms with Gasteiger partial charge >= 0.3 is 6.18 Å². The predicted octanol–water partition coefficient (Wildman–Crippen LogP) is 4.35. The van der Waals surface area contributed by atoms with Gasteiger partial charge in [0.2, 0.25) is 11.8 Å². The average molecular weight is 455 g/mol. The summed E-state index contributed by atoms with van der Waals surface area (Å²) in [4.78, 5) is 30.7. The molecule has 3 rings (SSSR count). The zero-order chi connectivity index (χ0) is 22.6. The minimum atomic E-state index is -4.63. The highest BCUT2D eigenvalue weighted by molar-refractivity contribution is 6.30. The van der Waals surface area contributed by atoms with E-state index >= 15 is 0 Å². The zero-order valence-corrected chi connectivity index (χ0v) is 17.6. The molecule has 1 fully saturated rings. The third-order valence-corrected chi connectivity index (χ3v) is 5.29. The highest BCUT2D eigenvalue weighted by Crippen LogP contribution is 2.36. The third kappa shape index (κ3) is 6.41. The van der Waals surface area contributed by atoms with Crippen molar-refractivity contribution in [2.75, 3.05) is 30.3 Å². The fourth-order valence-corrected chi connectivity index (χ4v) is 3.61. The van der Waals surface area contributed by atoms with Gasteiger partial charge in [-0.1, -0.05) is 11.6 Å². The number of carbonyl (C=O) groups excluding carboxylic acids is 2. The van der Waals surface area contributed by atoms with Crippen molar-refractivity contribution in [3.8, 4) is 0 Å². The van der Waals surface area contributed by atoms with Crippen LogP contribution in [0.2, 0.25) is 5.02 Å². The van der Waals surface area contributed by atoms with Gasteiger partial charge in [0.15, 0.2) is 0 Å². The van der Waals surface area contributed by atoms with E-state index in [2.05, 4.69) is 15.6 Å². The summed E-state index contributed by atoms with van der Waals surface area (Å²) in [5.74, 6) is -0.400. The molecule has 2 aromatic rings. The molecule has 0 spiro atoms. The fraction of sp³-hybridized carbons (Fsp3) is 0.381. The number of hydrogen-bond donors (Lipinski definition) is 2. The second kappa shape index (κ2) is 9.65. The van der Waals surface area contributed by atoms with Crippen molar-refractivity contribution in [3.63, 3.8) is 0 Å². The Morgan fingerprint density at radius 2 is 1.87 bits per heavy atom. The summed E-state index contributed by atoms with van der Waals surface area (Å²) in [5, 5.41) is 5.05. The van der Waals surface area contributed by atoms with Crippen LogP contribution in [0.4, 0.5) is 24.7 Å². The first-order chi connectivity index (χ1) is 14.6. The van der Waals surface area contributed by atoms with Gasteiger partial charge in [-0.15, -0.1) is 0 Å². The molecule has 0 atom stereocenters. The number of anilines is 2. The van der Waals surface area contributed by atoms with Crippen molar-refractivity contribution in [2.45, 2.75) is 25.9 Å². The number of rotatable bonds is 5. The maximum Gasteiger partial charge on any atom is 0.418 e. The summed E-state index contributed by atoms with van der Waals surface area (Å²) in [6, 6.07) is 6.83. The lowest BCUT2D eigenvalue weighted by Gasteiger charge is -2.30. The maximum absolute atomic E-state index is 13.2. The lowest BCUT2D eigenvalue weighted by molar-refractivity contribution is -0.137. The molecule has 1 aliphatic heterocycles. The summed E-state index contributed by atoms with van der Waals surface area (Å²) in [6.45, 7) is 2.81. The van der Waals surface area contributed by atoms with Crippen LogP contribution in [-0.4, -0.2) is 41.3 Å². The van der Waals surface area contributed by atoms with Crippen LogP contribution in [0, 0.1) is 12.8 Å². The van der Waals surface area contributed by atoms with E-state index in [1.165, 1.54) is 6.07 Å². The molecule has 2 heterocycles. The quantitative estimate of drug-likeness (QED) is 0.704. The molecular formula is C21H22ClF3N4O2. The number of aryl methyl sites for hydroxylation is 1. The number of piperidine rings is 1. The number of likely N-dealkylation sites (tertiary alicyclic amines) is 1. The number of benzene rings is 1. The monoisotopic (exact) mass is 454 g/mol. The number of hydrogen-bond acceptors (Lipinski definition) is 4. The van der Waals surface area contributed by atoms with Crippen molar-refractivity contribution in [1.82, 2.24) is 9.88 Å². The number of amides is 2. The van der Waals surface area contributed by atoms with Crippen LogP contribution in [0.25, 0.3) is 0 Å². The Morgan fingerprint density at radius 3 is 2.52 bits per heavy atom. The van der Waals surface area contributed by atoms with Gasteiger partial charge in [-0.25, -0.2) is 4.98 Å². The van der Waals surface area contributed by atoms with Gasteiger partial charge in [-0.2, -0.15) is 13.2 Å². The first kappa shape index (κ1) is 23.0. The smallest absolute Gasteiger partial charge is 0.324 e. The average Bonchev–Trinajstić information content (AvgIpc) is 2.69. The lowest BCUT2D eigenvalue weighted by atomic mass is 9.96. The normalized spacial score (nSPS) is 15.5. The van der Waals surface area contributed by atoms with Crippen molar-refractivity contribution in [2.24, 2.45) is 5.92 Å². The second-order valence-electron chi connectivity index (χ2n) is 7.49. The van der Waals surface area contributed by atoms with Crippen molar-refractivity contribution in [1.29, 1.82) is 0 Å². The lowest BCUT2D eigenvalue weighted by Crippen LogP contribution is -2.42. The van der Waals surface area contributed by atoms with Crippen LogP contribution in [0.3, 0.4) is 0 Å². The number of aromatic nitrogens is 1. The third-order valence-electron chi connectivity index (χ3n) is 5.05. The topological polar surface area (TPSA) is 74.3 Å². The summed E-state index contributed by atoms with van der Waals surface area (Å²) in [5.41, 5.74) is -0.337. The number of pyridine rings is 1. The first-order valence-corrected chi connectivity index (χ1v) is 10.1. The second-order valence-corrected chi connectivity index (χ2v) is 7.93. The zero-order valence-electron chi connectivity index (χ0n) is 16.8. The molecule has 0 aliphatic carbocycles. The number of nitrogens with one attached hydrogen (secondary N) is 2. The molecule has 0 saturated carbocycles. The molecule has 2 N–H and O–H groups in total. The molecule has 31 heavy (non-hydrogen) atoms. The summed E-state index contributed by atoms with van der Waals surface area (Å²) in [7, 11) is 0. The van der Waals surface area contributed by atoms with Crippen LogP contribution in [-0.2, 0) is 15.8 Å². The minimum absolute atomic E-state index is 0.0618. The van der Waals surface area contributed by atoms with Crippen LogP contribution in [0.15, 0.2) is 36.5 Å². The largest absolute Gasteiger partial charge is 0.418 e. The van der Waals surface area contributed by atoms with Crippen LogP contribution >= 0.6 is 11.6 Å². The van der Waals surface area contributed by atoms with E-state index in [1.807, 2.05) is 17.9 Å². The Hall–Kier alpha value is -2.65. The standard InChI is InChI=1S/C21H22ClF3N4O2/c1-13-4-7-26-18(10-13)28-20(31)14-5-8-29(9-6-14)12-19(30)27-17-3-2-15(22)11-16(17)21(23,24)25/h2-4,7,10-11,14H,5-6,8-9,12H2,1H3,(H,27,30)(H,26,28,31). The molecule has 2 amide bonds. The Labute approximate surface area is 182 Å². The molecular weight excluding hydrogens is 433 g/mol. The number of carbonyl (C=O) groups is 2. The first-order valence-electron chi connectivity index (χ1n) is 9.74. The van der Waals surface area contributed by atoms with Gasteiger partial charge in [-0.3, -0.25) is 14.5 Å². The van der Waals surface area contributed by atoms with E-state index in [4.69, 9.17) is 11.6 Å². The Morgan fingerprint density at radius 1 is 1.16 bits per heavy atom. The summed E-state index contributed by atoms with van der Waals surface area (Å²) < 4.78 is 39.5. The Bertz CT molecular complexity index is 960. The summed E-state index contributed by atoms with van der Waals surface area (Å²) in [6.07, 6.45) is -1.93. The molecule has 0 radical (unpaired) electrons. The highest BCUT2D eigenvalue weighted by atomic mass is 35.5. The molecule has 1 saturated heterocycles. The SMILES string of the molecule is Cc1ccnc(NC(=O)C2CCN(CC(=O)Nc3ccc(Cl)cc3C(F)(F)F)CC2)c1. The van der Waals surface area contributed by atoms with Gasteiger partial charge in [0.25, 0.3) is 0 Å². The number of nitrogens with zero attached hydrogens (tertiary/aromatic N) is 2. The van der Waals surface area contributed by atoms with Gasteiger partial charge in [0.1, 0.15) is 5.82 Å². The Balaban J connectivity index is 1.51. The predicted molar refractivity (Wildman–Crippen MR) is 112 cm³/mol. The number of alkyl halides is 3. The Kier molecular flexibility index (Phi) is 7.17. The molecule has 1 aromatic heterocycles. The van der Waals surface area contributed by atoms with E-state index in [0.29, 0.717) is 31.7 Å². The maximum atomic E-state index is 13.2. The van der Waals surface area contributed by atoms with Crippen molar-refractivity contribution >= 4 is 34.9 Å². The van der Waals surface area contributed by atoms with Gasteiger partial charge in [-0.05, 0) is 68.8 Å². The van der Waals surface area contributed by atoms with E-state index in [1.54, 1.807) is 12.3 Å². The molecule has 0 bridgehead atoms. The van der Waals surface area contributed by atoms with E-state index in [0.717, 1.165) is 17.7 Å². The van der Waals surface area contributed by atoms with Crippen molar-refractivity contribution < 1.29 is 22.8 Å². The van der Waals surface area contributed by atoms with Gasteiger partial charge in [0.05, 0.1) is 17.8 Å². The van der Waals surface area contributed by atoms with E-state index in [-0.39, 0.29) is 29.1 Å². The molecule has 10 heteroatoms. The van der Waals surface area contributed by atoms with E-state index < -0.39 is 17.6 Å². The number of halogens is 4. The van der Waals surface area contributed by atoms with Crippen LogP contribution in [0.1, 0.15) is 24.0 Å². The van der Waals surface area contributed by atoms with Crippen LogP contribution in [0.5, 0.6) is 0 Å². The van der Waals surface area contributed by atoms with Gasteiger partial charge < -0.3 is 10.6 Å².